The molecular formula is C18H15ClN4. The molecule has 0 fully saturated rings. The highest BCUT2D eigenvalue weighted by molar-refractivity contribution is 6.29. The lowest BCUT2D eigenvalue weighted by molar-refractivity contribution is 1.14. The lowest BCUT2D eigenvalue weighted by Gasteiger charge is -2.06. The molecule has 0 bridgehead atoms. The molecule has 0 unspecified atom stereocenters. The fourth-order valence-corrected chi connectivity index (χ4v) is 2.26. The van der Waals surface area contributed by atoms with Crippen molar-refractivity contribution in [3.05, 3.63) is 77.4 Å². The number of nitrogens with zero attached hydrogens (tertiary/aromatic N) is 3. The third kappa shape index (κ3) is 3.93. The summed E-state index contributed by atoms with van der Waals surface area (Å²) in [5.41, 5.74) is 5.76. The topological polar surface area (TPSA) is 50.2 Å². The van der Waals surface area contributed by atoms with Crippen LogP contribution in [0, 0.1) is 0 Å². The summed E-state index contributed by atoms with van der Waals surface area (Å²) >= 11 is 6.09. The van der Waals surface area contributed by atoms with Crippen LogP contribution in [0.3, 0.4) is 0 Å². The zero-order chi connectivity index (χ0) is 16.1. The molecule has 0 spiro atoms. The summed E-state index contributed by atoms with van der Waals surface area (Å²) in [5, 5.41) is 4.73. The number of nitrogens with one attached hydrogen (secondary N) is 1. The van der Waals surface area contributed by atoms with Crippen molar-refractivity contribution in [1.82, 2.24) is 9.97 Å². The van der Waals surface area contributed by atoms with Crippen molar-refractivity contribution in [1.29, 1.82) is 0 Å². The van der Waals surface area contributed by atoms with Gasteiger partial charge in [-0.1, -0.05) is 72.3 Å². The first kappa shape index (κ1) is 15.2. The van der Waals surface area contributed by atoms with E-state index in [9.17, 15) is 0 Å². The van der Waals surface area contributed by atoms with Crippen molar-refractivity contribution in [2.24, 2.45) is 5.10 Å². The van der Waals surface area contributed by atoms with Crippen molar-refractivity contribution in [3.63, 3.8) is 0 Å². The number of rotatable bonds is 4. The first-order valence-corrected chi connectivity index (χ1v) is 7.56. The highest BCUT2D eigenvalue weighted by atomic mass is 35.5. The van der Waals surface area contributed by atoms with Crippen LogP contribution in [0.5, 0.6) is 0 Å². The van der Waals surface area contributed by atoms with E-state index in [-0.39, 0.29) is 0 Å². The zero-order valence-corrected chi connectivity index (χ0v) is 13.3. The standard InChI is InChI=1S/C18H15ClN4/c1-13(14-8-4-2-5-9-14)22-23-17-12-16(19)20-18(21-17)15-10-6-3-7-11-15/h2-12H,1H3,(H,20,21,23). The van der Waals surface area contributed by atoms with Crippen molar-refractivity contribution in [2.45, 2.75) is 6.92 Å². The van der Waals surface area contributed by atoms with Crippen LogP contribution < -0.4 is 5.43 Å². The van der Waals surface area contributed by atoms with Gasteiger partial charge in [0.2, 0.25) is 0 Å². The van der Waals surface area contributed by atoms with Gasteiger partial charge in [0.1, 0.15) is 5.15 Å². The van der Waals surface area contributed by atoms with Crippen molar-refractivity contribution in [2.75, 3.05) is 5.43 Å². The van der Waals surface area contributed by atoms with Gasteiger partial charge in [0.25, 0.3) is 0 Å². The van der Waals surface area contributed by atoms with Crippen molar-refractivity contribution >= 4 is 23.1 Å². The minimum atomic E-state index is 0.369. The monoisotopic (exact) mass is 322 g/mol. The van der Waals surface area contributed by atoms with Gasteiger partial charge in [-0.05, 0) is 12.5 Å². The minimum Gasteiger partial charge on any atom is -0.261 e. The Morgan fingerprint density at radius 3 is 2.30 bits per heavy atom. The van der Waals surface area contributed by atoms with E-state index in [1.54, 1.807) is 6.07 Å². The Kier molecular flexibility index (Phi) is 4.64. The smallest absolute Gasteiger partial charge is 0.163 e. The average molecular weight is 323 g/mol. The number of aromatic nitrogens is 2. The number of hydrogen-bond acceptors (Lipinski definition) is 4. The Balaban J connectivity index is 1.85. The first-order chi connectivity index (χ1) is 11.2. The molecule has 0 aliphatic heterocycles. The lowest BCUT2D eigenvalue weighted by atomic mass is 10.1. The van der Waals surface area contributed by atoms with Crippen LogP contribution in [-0.2, 0) is 0 Å². The molecule has 1 aromatic heterocycles. The molecule has 1 N–H and O–H groups in total. The van der Waals surface area contributed by atoms with Gasteiger partial charge < -0.3 is 0 Å². The SMILES string of the molecule is CC(=NNc1cc(Cl)nc(-c2ccccc2)n1)c1ccccc1. The molecule has 5 heteroatoms. The van der Waals surface area contributed by atoms with Gasteiger partial charge in [-0.3, -0.25) is 5.43 Å². The van der Waals surface area contributed by atoms with E-state index in [4.69, 9.17) is 11.6 Å². The summed E-state index contributed by atoms with van der Waals surface area (Å²) in [7, 11) is 0. The summed E-state index contributed by atoms with van der Waals surface area (Å²) in [4.78, 5) is 8.71. The maximum atomic E-state index is 6.09. The molecule has 0 aliphatic carbocycles. The van der Waals surface area contributed by atoms with Crippen LogP contribution in [0.4, 0.5) is 5.82 Å². The van der Waals surface area contributed by atoms with Crippen LogP contribution in [0.1, 0.15) is 12.5 Å². The van der Waals surface area contributed by atoms with Gasteiger partial charge in [0.15, 0.2) is 11.6 Å². The fraction of sp³-hybridized carbons (Fsp3) is 0.0556. The summed E-state index contributed by atoms with van der Waals surface area (Å²) in [6, 6.07) is 21.3. The fourth-order valence-electron chi connectivity index (χ4n) is 2.08. The van der Waals surface area contributed by atoms with E-state index < -0.39 is 0 Å². The van der Waals surface area contributed by atoms with E-state index in [1.165, 1.54) is 0 Å². The summed E-state index contributed by atoms with van der Waals surface area (Å²) in [5.74, 6) is 1.12. The molecule has 0 saturated carbocycles. The van der Waals surface area contributed by atoms with Crippen LogP contribution in [0.25, 0.3) is 11.4 Å². The van der Waals surface area contributed by atoms with Gasteiger partial charge >= 0.3 is 0 Å². The Hall–Kier alpha value is -2.72. The summed E-state index contributed by atoms with van der Waals surface area (Å²) in [6.07, 6.45) is 0. The third-order valence-corrected chi connectivity index (χ3v) is 3.45. The minimum absolute atomic E-state index is 0.369. The molecule has 1 heterocycles. The molecule has 0 amide bonds. The van der Waals surface area contributed by atoms with E-state index >= 15 is 0 Å². The van der Waals surface area contributed by atoms with Crippen molar-refractivity contribution < 1.29 is 0 Å². The van der Waals surface area contributed by atoms with E-state index in [2.05, 4.69) is 20.5 Å². The molecular weight excluding hydrogens is 308 g/mol. The molecule has 114 valence electrons. The molecule has 3 rings (SSSR count). The van der Waals surface area contributed by atoms with Gasteiger partial charge in [-0.2, -0.15) is 5.10 Å². The van der Waals surface area contributed by atoms with Crippen LogP contribution in [-0.4, -0.2) is 15.7 Å². The second kappa shape index (κ2) is 7.03. The molecule has 2 aromatic carbocycles. The molecule has 0 aliphatic rings. The Bertz CT molecular complexity index is 817. The Labute approximate surface area is 139 Å². The molecule has 4 nitrogen and oxygen atoms in total. The van der Waals surface area contributed by atoms with E-state index in [0.29, 0.717) is 16.8 Å². The summed E-state index contributed by atoms with van der Waals surface area (Å²) in [6.45, 7) is 1.93. The predicted molar refractivity (Wildman–Crippen MR) is 94.8 cm³/mol. The quantitative estimate of drug-likeness (QED) is 0.433. The van der Waals surface area contributed by atoms with Crippen LogP contribution in [0.2, 0.25) is 5.15 Å². The maximum absolute atomic E-state index is 6.09. The maximum Gasteiger partial charge on any atom is 0.163 e. The summed E-state index contributed by atoms with van der Waals surface area (Å²) < 4.78 is 0. The molecule has 3 aromatic rings. The number of hydrazone groups is 1. The second-order valence-corrected chi connectivity index (χ2v) is 5.33. The second-order valence-electron chi connectivity index (χ2n) is 4.94. The van der Waals surface area contributed by atoms with Crippen LogP contribution in [0.15, 0.2) is 71.8 Å². The van der Waals surface area contributed by atoms with Gasteiger partial charge in [0.05, 0.1) is 5.71 Å². The first-order valence-electron chi connectivity index (χ1n) is 7.18. The van der Waals surface area contributed by atoms with E-state index in [0.717, 1.165) is 16.8 Å². The Morgan fingerprint density at radius 2 is 1.61 bits per heavy atom. The predicted octanol–water partition coefficient (Wildman–Crippen LogP) is 4.63. The molecule has 0 saturated heterocycles. The number of benzene rings is 2. The number of hydrogen-bond donors (Lipinski definition) is 1. The number of halogens is 1. The zero-order valence-electron chi connectivity index (χ0n) is 12.6. The largest absolute Gasteiger partial charge is 0.261 e. The molecule has 0 radical (unpaired) electrons. The number of anilines is 1. The van der Waals surface area contributed by atoms with Crippen LogP contribution >= 0.6 is 11.6 Å². The van der Waals surface area contributed by atoms with E-state index in [1.807, 2.05) is 67.6 Å². The normalized spacial score (nSPS) is 11.3. The Morgan fingerprint density at radius 1 is 0.957 bits per heavy atom. The highest BCUT2D eigenvalue weighted by Gasteiger charge is 2.05. The van der Waals surface area contributed by atoms with Crippen molar-refractivity contribution in [3.8, 4) is 11.4 Å². The molecule has 23 heavy (non-hydrogen) atoms. The van der Waals surface area contributed by atoms with Gasteiger partial charge in [-0.25, -0.2) is 9.97 Å². The molecule has 0 atom stereocenters. The van der Waals surface area contributed by atoms with Gasteiger partial charge in [0, 0.05) is 11.6 Å². The highest BCUT2D eigenvalue weighted by Crippen LogP contribution is 2.20. The van der Waals surface area contributed by atoms with Gasteiger partial charge in [-0.15, -0.1) is 0 Å². The lowest BCUT2D eigenvalue weighted by Crippen LogP contribution is -2.02. The third-order valence-electron chi connectivity index (χ3n) is 3.26. The average Bonchev–Trinajstić information content (AvgIpc) is 2.61.